The standard InChI is InChI=1S/C25H36N4O7S2/c1-5-26-10-14-28(15-11-26)37(30,31)21-7-9-23(35-3)22(19-21)27-12-16-29(17-13-27)38(32,33)25-18-20(34-2)6-8-24(25)36-4/h6-9,18-19H,5,10-17H2,1-4H3. The van der Waals surface area contributed by atoms with Gasteiger partial charge in [-0.3, -0.25) is 0 Å². The van der Waals surface area contributed by atoms with Gasteiger partial charge in [-0.2, -0.15) is 8.61 Å². The average molecular weight is 569 g/mol. The molecule has 0 bridgehead atoms. The maximum atomic E-state index is 13.5. The van der Waals surface area contributed by atoms with Gasteiger partial charge in [0, 0.05) is 58.4 Å². The Hall–Kier alpha value is -2.58. The van der Waals surface area contributed by atoms with Gasteiger partial charge in [-0.1, -0.05) is 6.92 Å². The Bertz CT molecular complexity index is 1340. The Morgan fingerprint density at radius 1 is 0.684 bits per heavy atom. The molecule has 0 unspecified atom stereocenters. The van der Waals surface area contributed by atoms with Crippen molar-refractivity contribution in [3.05, 3.63) is 36.4 Å². The van der Waals surface area contributed by atoms with Crippen LogP contribution in [0, 0.1) is 0 Å². The number of anilines is 1. The van der Waals surface area contributed by atoms with E-state index in [2.05, 4.69) is 11.8 Å². The van der Waals surface area contributed by atoms with Crippen molar-refractivity contribution in [2.45, 2.75) is 16.7 Å². The number of benzene rings is 2. The fourth-order valence-electron chi connectivity index (χ4n) is 4.81. The fraction of sp³-hybridized carbons (Fsp3) is 0.520. The molecule has 2 saturated heterocycles. The summed E-state index contributed by atoms with van der Waals surface area (Å²) in [5.41, 5.74) is 0.622. The summed E-state index contributed by atoms with van der Waals surface area (Å²) in [6.45, 7) is 6.40. The van der Waals surface area contributed by atoms with Gasteiger partial charge in [0.25, 0.3) is 0 Å². The molecule has 38 heavy (non-hydrogen) atoms. The van der Waals surface area contributed by atoms with E-state index < -0.39 is 20.0 Å². The second-order valence-corrected chi connectivity index (χ2v) is 12.9. The summed E-state index contributed by atoms with van der Waals surface area (Å²) in [4.78, 5) is 4.43. The van der Waals surface area contributed by atoms with Gasteiger partial charge in [0.1, 0.15) is 22.1 Å². The molecule has 2 aromatic carbocycles. The first-order valence-corrected chi connectivity index (χ1v) is 15.4. The van der Waals surface area contributed by atoms with E-state index in [9.17, 15) is 16.8 Å². The van der Waals surface area contributed by atoms with Crippen molar-refractivity contribution in [2.75, 3.05) is 85.1 Å². The number of nitrogens with zero attached hydrogens (tertiary/aromatic N) is 4. The van der Waals surface area contributed by atoms with Crippen LogP contribution in [0.25, 0.3) is 0 Å². The maximum absolute atomic E-state index is 13.5. The van der Waals surface area contributed by atoms with Crippen LogP contribution in [-0.2, 0) is 20.0 Å². The highest BCUT2D eigenvalue weighted by Crippen LogP contribution is 2.35. The van der Waals surface area contributed by atoms with Gasteiger partial charge in [0.2, 0.25) is 20.0 Å². The number of ether oxygens (including phenoxy) is 3. The van der Waals surface area contributed by atoms with Crippen molar-refractivity contribution in [1.82, 2.24) is 13.5 Å². The molecule has 0 N–H and O–H groups in total. The number of hydrogen-bond donors (Lipinski definition) is 0. The molecule has 0 aromatic heterocycles. The zero-order valence-corrected chi connectivity index (χ0v) is 23.9. The molecule has 2 heterocycles. The lowest BCUT2D eigenvalue weighted by atomic mass is 10.2. The third kappa shape index (κ3) is 5.57. The molecule has 13 heteroatoms. The van der Waals surface area contributed by atoms with Crippen LogP contribution in [0.2, 0.25) is 0 Å². The van der Waals surface area contributed by atoms with E-state index in [4.69, 9.17) is 14.2 Å². The summed E-state index contributed by atoms with van der Waals surface area (Å²) < 4.78 is 72.7. The lowest BCUT2D eigenvalue weighted by Gasteiger charge is -2.36. The van der Waals surface area contributed by atoms with E-state index in [0.29, 0.717) is 56.5 Å². The van der Waals surface area contributed by atoms with Crippen molar-refractivity contribution in [3.8, 4) is 17.2 Å². The first kappa shape index (κ1) is 28.4. The molecular formula is C25H36N4O7S2. The number of sulfonamides is 2. The van der Waals surface area contributed by atoms with Crippen LogP contribution < -0.4 is 19.1 Å². The Morgan fingerprint density at radius 3 is 1.84 bits per heavy atom. The van der Waals surface area contributed by atoms with Crippen LogP contribution in [0.15, 0.2) is 46.2 Å². The molecule has 210 valence electrons. The van der Waals surface area contributed by atoms with E-state index >= 15 is 0 Å². The van der Waals surface area contributed by atoms with Crippen molar-refractivity contribution >= 4 is 25.7 Å². The molecule has 4 rings (SSSR count). The van der Waals surface area contributed by atoms with E-state index in [1.807, 2.05) is 4.90 Å². The molecule has 2 aliphatic rings. The summed E-state index contributed by atoms with van der Waals surface area (Å²) >= 11 is 0. The molecule has 0 aliphatic carbocycles. The van der Waals surface area contributed by atoms with Crippen LogP contribution in [0.5, 0.6) is 17.2 Å². The average Bonchev–Trinajstić information content (AvgIpc) is 2.96. The quantitative estimate of drug-likeness (QED) is 0.445. The number of likely N-dealkylation sites (N-methyl/N-ethyl adjacent to an activating group) is 1. The van der Waals surface area contributed by atoms with E-state index in [0.717, 1.165) is 6.54 Å². The normalized spacial score (nSPS) is 18.4. The first-order valence-electron chi connectivity index (χ1n) is 12.5. The van der Waals surface area contributed by atoms with Crippen LogP contribution in [-0.4, -0.2) is 111 Å². The van der Waals surface area contributed by atoms with Gasteiger partial charge in [-0.25, -0.2) is 16.8 Å². The molecule has 2 aromatic rings. The van der Waals surface area contributed by atoms with Crippen LogP contribution in [0.3, 0.4) is 0 Å². The summed E-state index contributed by atoms with van der Waals surface area (Å²) in [6.07, 6.45) is 0. The van der Waals surface area contributed by atoms with Gasteiger partial charge >= 0.3 is 0 Å². The van der Waals surface area contributed by atoms with Crippen molar-refractivity contribution in [3.63, 3.8) is 0 Å². The largest absolute Gasteiger partial charge is 0.497 e. The summed E-state index contributed by atoms with van der Waals surface area (Å²) in [5.74, 6) is 1.19. The van der Waals surface area contributed by atoms with E-state index in [1.54, 1.807) is 30.3 Å². The molecule has 0 spiro atoms. The minimum atomic E-state index is -3.85. The molecule has 11 nitrogen and oxygen atoms in total. The minimum absolute atomic E-state index is 0.0432. The summed E-state index contributed by atoms with van der Waals surface area (Å²) in [5, 5.41) is 0. The first-order chi connectivity index (χ1) is 18.1. The van der Waals surface area contributed by atoms with E-state index in [1.165, 1.54) is 36.0 Å². The Balaban J connectivity index is 1.54. The van der Waals surface area contributed by atoms with Gasteiger partial charge in [0.15, 0.2) is 0 Å². The molecule has 2 aliphatic heterocycles. The van der Waals surface area contributed by atoms with Gasteiger partial charge in [0.05, 0.1) is 31.9 Å². The lowest BCUT2D eigenvalue weighted by molar-refractivity contribution is 0.196. The number of piperazine rings is 2. The number of rotatable bonds is 9. The zero-order chi connectivity index (χ0) is 27.5. The minimum Gasteiger partial charge on any atom is -0.497 e. The van der Waals surface area contributed by atoms with Crippen LogP contribution in [0.1, 0.15) is 6.92 Å². The molecule has 0 radical (unpaired) electrons. The lowest BCUT2D eigenvalue weighted by Crippen LogP contribution is -2.49. The van der Waals surface area contributed by atoms with Gasteiger partial charge < -0.3 is 24.0 Å². The van der Waals surface area contributed by atoms with Crippen LogP contribution >= 0.6 is 0 Å². The SMILES string of the molecule is CCN1CCN(S(=O)(=O)c2ccc(OC)c(N3CCN(S(=O)(=O)c4cc(OC)ccc4OC)CC3)c2)CC1. The third-order valence-corrected chi connectivity index (χ3v) is 10.9. The van der Waals surface area contributed by atoms with Gasteiger partial charge in [-0.05, 0) is 36.9 Å². The highest BCUT2D eigenvalue weighted by molar-refractivity contribution is 7.89. The predicted molar refractivity (Wildman–Crippen MR) is 144 cm³/mol. The highest BCUT2D eigenvalue weighted by atomic mass is 32.2. The maximum Gasteiger partial charge on any atom is 0.247 e. The van der Waals surface area contributed by atoms with E-state index in [-0.39, 0.29) is 28.6 Å². The monoisotopic (exact) mass is 568 g/mol. The second-order valence-electron chi connectivity index (χ2n) is 9.08. The van der Waals surface area contributed by atoms with Crippen molar-refractivity contribution in [1.29, 1.82) is 0 Å². The molecule has 0 saturated carbocycles. The number of methoxy groups -OCH3 is 3. The van der Waals surface area contributed by atoms with Crippen molar-refractivity contribution in [2.24, 2.45) is 0 Å². The summed E-state index contributed by atoms with van der Waals surface area (Å²) in [7, 11) is -3.08. The van der Waals surface area contributed by atoms with Crippen molar-refractivity contribution < 1.29 is 31.0 Å². The highest BCUT2D eigenvalue weighted by Gasteiger charge is 2.33. The Kier molecular flexibility index (Phi) is 8.72. The second kappa shape index (κ2) is 11.7. The Labute approximate surface area is 225 Å². The van der Waals surface area contributed by atoms with Gasteiger partial charge in [-0.15, -0.1) is 0 Å². The fourth-order valence-corrected chi connectivity index (χ4v) is 7.84. The van der Waals surface area contributed by atoms with Crippen LogP contribution in [0.4, 0.5) is 5.69 Å². The predicted octanol–water partition coefficient (Wildman–Crippen LogP) is 1.55. The Morgan fingerprint density at radius 2 is 1.26 bits per heavy atom. The smallest absolute Gasteiger partial charge is 0.247 e. The zero-order valence-electron chi connectivity index (χ0n) is 22.3. The topological polar surface area (TPSA) is 109 Å². The molecule has 2 fully saturated rings. The molecule has 0 amide bonds. The molecule has 0 atom stereocenters. The molecular weight excluding hydrogens is 532 g/mol. The number of hydrogen-bond acceptors (Lipinski definition) is 9. The summed E-state index contributed by atoms with van der Waals surface area (Å²) in [6, 6.07) is 9.54. The third-order valence-electron chi connectivity index (χ3n) is 7.13.